The van der Waals surface area contributed by atoms with E-state index in [1.165, 1.54) is 17.4 Å². The van der Waals surface area contributed by atoms with E-state index < -0.39 is 0 Å². The summed E-state index contributed by atoms with van der Waals surface area (Å²) >= 11 is 1.50. The Balaban J connectivity index is 1.78. The fourth-order valence-corrected chi connectivity index (χ4v) is 2.82. The molecule has 0 radical (unpaired) electrons. The van der Waals surface area contributed by atoms with Gasteiger partial charge in [-0.25, -0.2) is 4.98 Å². The van der Waals surface area contributed by atoms with Crippen LogP contribution in [0.5, 0.6) is 0 Å². The molecule has 0 atom stereocenters. The van der Waals surface area contributed by atoms with Gasteiger partial charge in [0.15, 0.2) is 0 Å². The second kappa shape index (κ2) is 7.57. The van der Waals surface area contributed by atoms with Crippen LogP contribution < -0.4 is 10.2 Å². The summed E-state index contributed by atoms with van der Waals surface area (Å²) in [7, 11) is 1.98. The number of hydrogen-bond acceptors (Lipinski definition) is 4. The van der Waals surface area contributed by atoms with Crippen LogP contribution in [0, 0.1) is 0 Å². The van der Waals surface area contributed by atoms with Gasteiger partial charge in [-0.3, -0.25) is 4.79 Å². The van der Waals surface area contributed by atoms with Gasteiger partial charge in [-0.1, -0.05) is 30.3 Å². The Hall–Kier alpha value is -2.92. The van der Waals surface area contributed by atoms with Gasteiger partial charge >= 0.3 is 0 Å². The lowest BCUT2D eigenvalue weighted by atomic mass is 10.2. The summed E-state index contributed by atoms with van der Waals surface area (Å²) in [5.74, 6) is -0.183. The molecule has 1 heterocycles. The molecule has 24 heavy (non-hydrogen) atoms. The molecule has 0 bridgehead atoms. The maximum absolute atomic E-state index is 12.2. The summed E-state index contributed by atoms with van der Waals surface area (Å²) < 4.78 is 0. The zero-order chi connectivity index (χ0) is 16.8. The fraction of sp³-hybridized carbons (Fsp3) is 0.0526. The van der Waals surface area contributed by atoms with Crippen molar-refractivity contribution in [3.05, 3.63) is 77.3 Å². The molecule has 1 N–H and O–H groups in total. The number of carbonyl (C=O) groups is 1. The first-order valence-corrected chi connectivity index (χ1v) is 8.43. The molecule has 0 aliphatic rings. The molecular formula is C19H17N3OS. The molecule has 0 aliphatic heterocycles. The summed E-state index contributed by atoms with van der Waals surface area (Å²) in [6.07, 6.45) is 3.20. The van der Waals surface area contributed by atoms with E-state index in [2.05, 4.69) is 10.3 Å². The van der Waals surface area contributed by atoms with E-state index in [1.807, 2.05) is 71.9 Å². The molecule has 0 unspecified atom stereocenters. The average molecular weight is 335 g/mol. The predicted octanol–water partition coefficient (Wildman–Crippen LogP) is 4.56. The standard InChI is InChI=1S/C19H17N3OS/c1-22(16-7-3-2-4-8-16)18-10-6-5-9-17(18)21-19(23)12-11-15-13-24-14-20-15/h2-14H,1H3,(H,21,23). The zero-order valence-electron chi connectivity index (χ0n) is 13.2. The van der Waals surface area contributed by atoms with Crippen LogP contribution in [0.1, 0.15) is 5.69 Å². The number of anilines is 3. The molecule has 0 saturated heterocycles. The SMILES string of the molecule is CN(c1ccccc1)c1ccccc1NC(=O)C=Cc1cscn1. The van der Waals surface area contributed by atoms with Gasteiger partial charge in [0.05, 0.1) is 22.6 Å². The van der Waals surface area contributed by atoms with E-state index in [9.17, 15) is 4.79 Å². The third kappa shape index (κ3) is 3.88. The average Bonchev–Trinajstić information content (AvgIpc) is 3.14. The Morgan fingerprint density at radius 1 is 1.12 bits per heavy atom. The molecule has 1 aromatic heterocycles. The highest BCUT2D eigenvalue weighted by Gasteiger charge is 2.10. The Labute approximate surface area is 145 Å². The molecule has 4 nitrogen and oxygen atoms in total. The maximum Gasteiger partial charge on any atom is 0.248 e. The quantitative estimate of drug-likeness (QED) is 0.695. The Kier molecular flexibility index (Phi) is 5.03. The summed E-state index contributed by atoms with van der Waals surface area (Å²) in [6, 6.07) is 17.7. The van der Waals surface area contributed by atoms with Crippen LogP contribution in [0.2, 0.25) is 0 Å². The van der Waals surface area contributed by atoms with Crippen molar-refractivity contribution >= 4 is 40.4 Å². The Morgan fingerprint density at radius 2 is 1.88 bits per heavy atom. The molecule has 0 fully saturated rings. The summed E-state index contributed by atoms with van der Waals surface area (Å²) in [5.41, 5.74) is 5.26. The number of thiazole rings is 1. The van der Waals surface area contributed by atoms with E-state index in [0.29, 0.717) is 0 Å². The molecule has 0 aliphatic carbocycles. The van der Waals surface area contributed by atoms with Gasteiger partial charge in [0.25, 0.3) is 0 Å². The fourth-order valence-electron chi connectivity index (χ4n) is 2.30. The number of aromatic nitrogens is 1. The molecule has 1 amide bonds. The number of rotatable bonds is 5. The van der Waals surface area contributed by atoms with Crippen LogP contribution in [0.3, 0.4) is 0 Å². The number of amides is 1. The first kappa shape index (κ1) is 16.0. The minimum Gasteiger partial charge on any atom is -0.343 e. The van der Waals surface area contributed by atoms with E-state index in [4.69, 9.17) is 0 Å². The van der Waals surface area contributed by atoms with E-state index in [1.54, 1.807) is 11.6 Å². The summed E-state index contributed by atoms with van der Waals surface area (Å²) in [5, 5.41) is 4.82. The number of para-hydroxylation sites is 3. The van der Waals surface area contributed by atoms with Crippen LogP contribution in [0.4, 0.5) is 17.1 Å². The van der Waals surface area contributed by atoms with Gasteiger partial charge < -0.3 is 10.2 Å². The van der Waals surface area contributed by atoms with Crippen LogP contribution >= 0.6 is 11.3 Å². The van der Waals surface area contributed by atoms with E-state index in [0.717, 1.165) is 22.8 Å². The number of nitrogens with zero attached hydrogens (tertiary/aromatic N) is 2. The van der Waals surface area contributed by atoms with Crippen molar-refractivity contribution in [3.63, 3.8) is 0 Å². The van der Waals surface area contributed by atoms with E-state index >= 15 is 0 Å². The highest BCUT2D eigenvalue weighted by molar-refractivity contribution is 7.07. The Morgan fingerprint density at radius 3 is 2.62 bits per heavy atom. The largest absolute Gasteiger partial charge is 0.343 e. The van der Waals surface area contributed by atoms with Gasteiger partial charge in [0.2, 0.25) is 5.91 Å². The van der Waals surface area contributed by atoms with Crippen molar-refractivity contribution in [2.75, 3.05) is 17.3 Å². The first-order chi connectivity index (χ1) is 11.7. The second-order valence-electron chi connectivity index (χ2n) is 5.15. The van der Waals surface area contributed by atoms with Gasteiger partial charge in [-0.2, -0.15) is 0 Å². The van der Waals surface area contributed by atoms with Crippen molar-refractivity contribution < 1.29 is 4.79 Å². The minimum absolute atomic E-state index is 0.183. The first-order valence-electron chi connectivity index (χ1n) is 7.49. The number of carbonyl (C=O) groups excluding carboxylic acids is 1. The normalized spacial score (nSPS) is 10.7. The molecule has 2 aromatic carbocycles. The van der Waals surface area contributed by atoms with Crippen molar-refractivity contribution in [2.24, 2.45) is 0 Å². The molecule has 0 saturated carbocycles. The van der Waals surface area contributed by atoms with Gasteiger partial charge in [0.1, 0.15) is 0 Å². The van der Waals surface area contributed by atoms with Gasteiger partial charge in [-0.15, -0.1) is 11.3 Å². The second-order valence-corrected chi connectivity index (χ2v) is 5.87. The third-order valence-corrected chi connectivity index (χ3v) is 4.13. The number of hydrogen-bond donors (Lipinski definition) is 1. The smallest absolute Gasteiger partial charge is 0.248 e. The lowest BCUT2D eigenvalue weighted by Crippen LogP contribution is -2.15. The highest BCUT2D eigenvalue weighted by atomic mass is 32.1. The number of nitrogens with one attached hydrogen (secondary N) is 1. The lowest BCUT2D eigenvalue weighted by Gasteiger charge is -2.22. The monoisotopic (exact) mass is 335 g/mol. The van der Waals surface area contributed by atoms with Crippen LogP contribution in [-0.2, 0) is 4.79 Å². The van der Waals surface area contributed by atoms with Gasteiger partial charge in [-0.05, 0) is 30.3 Å². The molecule has 5 heteroatoms. The third-order valence-electron chi connectivity index (χ3n) is 3.52. The van der Waals surface area contributed by atoms with Crippen molar-refractivity contribution in [1.82, 2.24) is 4.98 Å². The zero-order valence-corrected chi connectivity index (χ0v) is 14.0. The summed E-state index contributed by atoms with van der Waals surface area (Å²) in [6.45, 7) is 0. The predicted molar refractivity (Wildman–Crippen MR) is 101 cm³/mol. The molecular weight excluding hydrogens is 318 g/mol. The van der Waals surface area contributed by atoms with Crippen molar-refractivity contribution in [1.29, 1.82) is 0 Å². The van der Waals surface area contributed by atoms with Crippen molar-refractivity contribution in [3.8, 4) is 0 Å². The van der Waals surface area contributed by atoms with Crippen LogP contribution in [0.15, 0.2) is 71.6 Å². The minimum atomic E-state index is -0.183. The lowest BCUT2D eigenvalue weighted by molar-refractivity contribution is -0.111. The maximum atomic E-state index is 12.2. The van der Waals surface area contributed by atoms with Gasteiger partial charge in [0, 0.05) is 24.2 Å². The Bertz CT molecular complexity index is 829. The topological polar surface area (TPSA) is 45.2 Å². The van der Waals surface area contributed by atoms with E-state index in [-0.39, 0.29) is 5.91 Å². The molecule has 3 aromatic rings. The number of benzene rings is 2. The van der Waals surface area contributed by atoms with Crippen LogP contribution in [-0.4, -0.2) is 17.9 Å². The van der Waals surface area contributed by atoms with Crippen molar-refractivity contribution in [2.45, 2.75) is 0 Å². The summed E-state index contributed by atoms with van der Waals surface area (Å²) in [4.78, 5) is 18.3. The molecule has 120 valence electrons. The molecule has 0 spiro atoms. The molecule has 3 rings (SSSR count). The highest BCUT2D eigenvalue weighted by Crippen LogP contribution is 2.30. The van der Waals surface area contributed by atoms with Crippen LogP contribution in [0.25, 0.3) is 6.08 Å².